The van der Waals surface area contributed by atoms with Gasteiger partial charge in [-0.3, -0.25) is 0 Å². The van der Waals surface area contributed by atoms with Gasteiger partial charge in [-0.25, -0.2) is 4.79 Å². The third-order valence-corrected chi connectivity index (χ3v) is 3.47. The fourth-order valence-electron chi connectivity index (χ4n) is 1.56. The fraction of sp³-hybridized carbons (Fsp3) is 0.462. The number of hydrogen-bond donors (Lipinski definition) is 2. The number of carbonyl (C=O) groups is 1. The van der Waals surface area contributed by atoms with Crippen molar-refractivity contribution in [1.82, 2.24) is 10.2 Å². The lowest BCUT2D eigenvalue weighted by molar-refractivity contribution is 0.190. The van der Waals surface area contributed by atoms with E-state index in [1.807, 2.05) is 18.4 Å². The summed E-state index contributed by atoms with van der Waals surface area (Å²) in [6.07, 6.45) is 2.03. The lowest BCUT2D eigenvalue weighted by atomic mass is 10.1. The van der Waals surface area contributed by atoms with Crippen molar-refractivity contribution in [3.8, 4) is 0 Å². The van der Waals surface area contributed by atoms with E-state index in [4.69, 9.17) is 5.11 Å². The predicted molar refractivity (Wildman–Crippen MR) is 74.9 cm³/mol. The summed E-state index contributed by atoms with van der Waals surface area (Å²) in [5.41, 5.74) is 2.32. The Morgan fingerprint density at radius 1 is 1.50 bits per heavy atom. The summed E-state index contributed by atoms with van der Waals surface area (Å²) < 4.78 is 0. The Morgan fingerprint density at radius 3 is 2.83 bits per heavy atom. The molecule has 0 aliphatic heterocycles. The standard InChI is InChI=1S/C13H20N2O2S/c1-10-4-5-11(12(8-10)18-3)9-14-13(17)15(2)6-7-16/h4-5,8,16H,6-7,9H2,1-3H3,(H,14,17). The summed E-state index contributed by atoms with van der Waals surface area (Å²) in [6, 6.07) is 6.02. The van der Waals surface area contributed by atoms with E-state index in [2.05, 4.69) is 18.3 Å². The molecule has 0 unspecified atom stereocenters. The van der Waals surface area contributed by atoms with Crippen LogP contribution in [0.2, 0.25) is 0 Å². The molecule has 0 aliphatic carbocycles. The summed E-state index contributed by atoms with van der Waals surface area (Å²) in [5.74, 6) is 0. The van der Waals surface area contributed by atoms with E-state index in [0.717, 1.165) is 5.56 Å². The maximum atomic E-state index is 11.7. The number of nitrogens with zero attached hydrogens (tertiary/aromatic N) is 1. The highest BCUT2D eigenvalue weighted by atomic mass is 32.2. The van der Waals surface area contributed by atoms with Crippen molar-refractivity contribution >= 4 is 17.8 Å². The number of rotatable bonds is 5. The van der Waals surface area contributed by atoms with Gasteiger partial charge in [0.25, 0.3) is 0 Å². The molecule has 1 rings (SSSR count). The second-order valence-corrected chi connectivity index (χ2v) is 4.97. The van der Waals surface area contributed by atoms with E-state index >= 15 is 0 Å². The van der Waals surface area contributed by atoms with Crippen molar-refractivity contribution in [3.63, 3.8) is 0 Å². The number of thioether (sulfide) groups is 1. The molecule has 0 saturated heterocycles. The minimum absolute atomic E-state index is 0.0233. The number of aliphatic hydroxyl groups is 1. The van der Waals surface area contributed by atoms with Gasteiger partial charge < -0.3 is 15.3 Å². The van der Waals surface area contributed by atoms with Crippen LogP contribution in [0.25, 0.3) is 0 Å². The summed E-state index contributed by atoms with van der Waals surface area (Å²) in [7, 11) is 1.66. The van der Waals surface area contributed by atoms with E-state index in [1.54, 1.807) is 18.8 Å². The zero-order valence-electron chi connectivity index (χ0n) is 11.1. The SMILES string of the molecule is CSc1cc(C)ccc1CNC(=O)N(C)CCO. The van der Waals surface area contributed by atoms with Gasteiger partial charge in [-0.05, 0) is 30.4 Å². The second-order valence-electron chi connectivity index (χ2n) is 4.12. The normalized spacial score (nSPS) is 10.2. The first kappa shape index (κ1) is 14.9. The fourth-order valence-corrected chi connectivity index (χ4v) is 2.26. The van der Waals surface area contributed by atoms with Gasteiger partial charge in [0, 0.05) is 25.0 Å². The number of aliphatic hydroxyl groups excluding tert-OH is 1. The summed E-state index contributed by atoms with van der Waals surface area (Å²) >= 11 is 1.68. The monoisotopic (exact) mass is 268 g/mol. The van der Waals surface area contributed by atoms with Gasteiger partial charge in [0.1, 0.15) is 0 Å². The van der Waals surface area contributed by atoms with Crippen LogP contribution in [0.4, 0.5) is 4.79 Å². The third-order valence-electron chi connectivity index (χ3n) is 2.65. The van der Waals surface area contributed by atoms with Crippen molar-refractivity contribution in [2.24, 2.45) is 0 Å². The maximum absolute atomic E-state index is 11.7. The first-order chi connectivity index (χ1) is 8.58. The number of aryl methyl sites for hydroxylation is 1. The van der Waals surface area contributed by atoms with Crippen molar-refractivity contribution in [1.29, 1.82) is 0 Å². The number of benzene rings is 1. The lowest BCUT2D eigenvalue weighted by Gasteiger charge is -2.17. The second kappa shape index (κ2) is 7.28. The zero-order chi connectivity index (χ0) is 13.5. The van der Waals surface area contributed by atoms with Crippen LogP contribution in [0.5, 0.6) is 0 Å². The Morgan fingerprint density at radius 2 is 2.22 bits per heavy atom. The molecule has 1 aromatic rings. The van der Waals surface area contributed by atoms with Crippen molar-refractivity contribution in [2.45, 2.75) is 18.4 Å². The molecule has 2 N–H and O–H groups in total. The smallest absolute Gasteiger partial charge is 0.317 e. The Labute approximate surface area is 112 Å². The molecule has 0 saturated carbocycles. The van der Waals surface area contributed by atoms with E-state index < -0.39 is 0 Å². The highest BCUT2D eigenvalue weighted by Gasteiger charge is 2.08. The van der Waals surface area contributed by atoms with Gasteiger partial charge in [-0.2, -0.15) is 0 Å². The largest absolute Gasteiger partial charge is 0.395 e. The molecule has 1 aromatic carbocycles. The number of nitrogens with one attached hydrogen (secondary N) is 1. The topological polar surface area (TPSA) is 52.6 Å². The number of carbonyl (C=O) groups excluding carboxylic acids is 1. The molecule has 4 nitrogen and oxygen atoms in total. The van der Waals surface area contributed by atoms with Gasteiger partial charge in [0.2, 0.25) is 0 Å². The Hall–Kier alpha value is -1.20. The van der Waals surface area contributed by atoms with Gasteiger partial charge in [-0.1, -0.05) is 12.1 Å². The minimum Gasteiger partial charge on any atom is -0.395 e. The molecule has 0 atom stereocenters. The number of hydrogen-bond acceptors (Lipinski definition) is 3. The molecule has 100 valence electrons. The average molecular weight is 268 g/mol. The summed E-state index contributed by atoms with van der Waals surface area (Å²) in [4.78, 5) is 14.3. The van der Waals surface area contributed by atoms with Gasteiger partial charge in [0.05, 0.1) is 6.61 Å². The maximum Gasteiger partial charge on any atom is 0.317 e. The molecule has 0 bridgehead atoms. The third kappa shape index (κ3) is 4.23. The summed E-state index contributed by atoms with van der Waals surface area (Å²) in [6.45, 7) is 2.88. The molecule has 0 aromatic heterocycles. The first-order valence-electron chi connectivity index (χ1n) is 5.81. The van der Waals surface area contributed by atoms with Crippen LogP contribution in [-0.2, 0) is 6.54 Å². The van der Waals surface area contributed by atoms with Crippen LogP contribution in [0.1, 0.15) is 11.1 Å². The van der Waals surface area contributed by atoms with Crippen LogP contribution >= 0.6 is 11.8 Å². The van der Waals surface area contributed by atoms with Crippen LogP contribution in [0.3, 0.4) is 0 Å². The van der Waals surface area contributed by atoms with E-state index in [0.29, 0.717) is 13.1 Å². The Bertz CT molecular complexity index is 410. The lowest BCUT2D eigenvalue weighted by Crippen LogP contribution is -2.38. The molecule has 0 spiro atoms. The van der Waals surface area contributed by atoms with Crippen LogP contribution < -0.4 is 5.32 Å². The van der Waals surface area contributed by atoms with Crippen LogP contribution in [0.15, 0.2) is 23.1 Å². The van der Waals surface area contributed by atoms with Gasteiger partial charge in [0.15, 0.2) is 0 Å². The molecular weight excluding hydrogens is 248 g/mol. The Kier molecular flexibility index (Phi) is 6.01. The van der Waals surface area contributed by atoms with Crippen molar-refractivity contribution in [3.05, 3.63) is 29.3 Å². The molecule has 0 fully saturated rings. The zero-order valence-corrected chi connectivity index (χ0v) is 11.9. The molecule has 0 radical (unpaired) electrons. The van der Waals surface area contributed by atoms with Crippen LogP contribution in [0, 0.1) is 6.92 Å². The van der Waals surface area contributed by atoms with E-state index in [1.165, 1.54) is 15.4 Å². The number of amides is 2. The van der Waals surface area contributed by atoms with Crippen molar-refractivity contribution in [2.75, 3.05) is 26.5 Å². The number of urea groups is 1. The molecule has 18 heavy (non-hydrogen) atoms. The van der Waals surface area contributed by atoms with Gasteiger partial charge >= 0.3 is 6.03 Å². The quantitative estimate of drug-likeness (QED) is 0.801. The highest BCUT2D eigenvalue weighted by Crippen LogP contribution is 2.21. The van der Waals surface area contributed by atoms with Crippen molar-refractivity contribution < 1.29 is 9.90 Å². The van der Waals surface area contributed by atoms with Gasteiger partial charge in [-0.15, -0.1) is 11.8 Å². The highest BCUT2D eigenvalue weighted by molar-refractivity contribution is 7.98. The van der Waals surface area contributed by atoms with E-state index in [-0.39, 0.29) is 12.6 Å². The Balaban J connectivity index is 2.60. The molecule has 0 aliphatic rings. The molecular formula is C13H20N2O2S. The summed E-state index contributed by atoms with van der Waals surface area (Å²) in [5, 5.41) is 11.6. The average Bonchev–Trinajstić information content (AvgIpc) is 2.37. The molecule has 5 heteroatoms. The predicted octanol–water partition coefficient (Wildman–Crippen LogP) is 1.85. The molecule has 0 heterocycles. The van der Waals surface area contributed by atoms with E-state index in [9.17, 15) is 4.79 Å². The first-order valence-corrected chi connectivity index (χ1v) is 7.04. The number of likely N-dealkylation sites (N-methyl/N-ethyl adjacent to an activating group) is 1. The molecule has 2 amide bonds. The minimum atomic E-state index is -0.170. The van der Waals surface area contributed by atoms with Crippen LogP contribution in [-0.4, -0.2) is 42.5 Å².